The van der Waals surface area contributed by atoms with Gasteiger partial charge in [-0.15, -0.1) is 0 Å². The number of anilines is 2. The smallest absolute Gasteiger partial charge is 0.204 e. The molecule has 0 saturated heterocycles. The first kappa shape index (κ1) is 13.9. The maximum Gasteiger partial charge on any atom is 0.204 e. The number of imidazole rings is 1. The number of benzene rings is 1. The third-order valence-corrected chi connectivity index (χ3v) is 3.34. The van der Waals surface area contributed by atoms with E-state index >= 15 is 0 Å². The topological polar surface area (TPSA) is 33.1 Å². The summed E-state index contributed by atoms with van der Waals surface area (Å²) in [6.45, 7) is 0.519. The van der Waals surface area contributed by atoms with Crippen LogP contribution in [0.4, 0.5) is 16.0 Å². The summed E-state index contributed by atoms with van der Waals surface area (Å²) in [6, 6.07) is 4.83. The summed E-state index contributed by atoms with van der Waals surface area (Å²) in [7, 11) is 5.82. The second-order valence-electron chi connectivity index (χ2n) is 4.48. The molecule has 1 heterocycles. The molecular weight excluding hydrogens is 311 g/mol. The highest BCUT2D eigenvalue weighted by molar-refractivity contribution is 9.10. The molecule has 1 aromatic carbocycles. The first-order valence-electron chi connectivity index (χ1n) is 5.86. The van der Waals surface area contributed by atoms with Crippen molar-refractivity contribution >= 4 is 27.6 Å². The summed E-state index contributed by atoms with van der Waals surface area (Å²) in [5, 5.41) is 3.08. The molecule has 0 aliphatic carbocycles. The first-order chi connectivity index (χ1) is 8.99. The van der Waals surface area contributed by atoms with Gasteiger partial charge in [-0.3, -0.25) is 0 Å². The largest absolute Gasteiger partial charge is 0.377 e. The minimum absolute atomic E-state index is 0.266. The molecule has 0 bridgehead atoms. The summed E-state index contributed by atoms with van der Waals surface area (Å²) in [4.78, 5) is 6.25. The van der Waals surface area contributed by atoms with Crippen LogP contribution in [0.5, 0.6) is 0 Å². The zero-order chi connectivity index (χ0) is 14.0. The molecule has 2 rings (SSSR count). The predicted octanol–water partition coefficient (Wildman–Crippen LogP) is 3.00. The molecule has 19 heavy (non-hydrogen) atoms. The average Bonchev–Trinajstić information content (AvgIpc) is 2.72. The fraction of sp³-hybridized carbons (Fsp3) is 0.308. The Bertz CT molecular complexity index is 580. The summed E-state index contributed by atoms with van der Waals surface area (Å²) < 4.78 is 16.4. The molecular formula is C13H16BrFN4. The molecule has 4 nitrogen and oxygen atoms in total. The van der Waals surface area contributed by atoms with Crippen molar-refractivity contribution in [2.45, 2.75) is 6.54 Å². The molecule has 0 aliphatic rings. The molecule has 6 heteroatoms. The van der Waals surface area contributed by atoms with Gasteiger partial charge in [0.1, 0.15) is 5.82 Å². The molecule has 0 aliphatic heterocycles. The molecule has 1 aromatic heterocycles. The van der Waals surface area contributed by atoms with Gasteiger partial charge in [0.2, 0.25) is 5.95 Å². The van der Waals surface area contributed by atoms with Crippen molar-refractivity contribution in [3.05, 3.63) is 40.4 Å². The second-order valence-corrected chi connectivity index (χ2v) is 5.40. The number of aromatic nitrogens is 2. The fourth-order valence-corrected chi connectivity index (χ4v) is 2.19. The van der Waals surface area contributed by atoms with E-state index < -0.39 is 0 Å². The average molecular weight is 327 g/mol. The van der Waals surface area contributed by atoms with Crippen LogP contribution in [0.15, 0.2) is 28.9 Å². The Balaban J connectivity index is 2.12. The standard InChI is InChI=1S/C13H16BrFN4/c1-18(2)13-17-8-10(19(13)3)7-16-12-6-9(14)4-5-11(12)15/h4-6,8,16H,7H2,1-3H3. The third kappa shape index (κ3) is 3.07. The van der Waals surface area contributed by atoms with E-state index in [-0.39, 0.29) is 5.82 Å². The third-order valence-electron chi connectivity index (χ3n) is 2.85. The van der Waals surface area contributed by atoms with Gasteiger partial charge in [0.05, 0.1) is 24.1 Å². The lowest BCUT2D eigenvalue weighted by Gasteiger charge is -2.13. The van der Waals surface area contributed by atoms with Crippen molar-refractivity contribution in [1.29, 1.82) is 0 Å². The maximum absolute atomic E-state index is 13.6. The van der Waals surface area contributed by atoms with Gasteiger partial charge in [-0.05, 0) is 18.2 Å². The summed E-state index contributed by atoms with van der Waals surface area (Å²) in [5.74, 6) is 0.602. The summed E-state index contributed by atoms with van der Waals surface area (Å²) in [5.41, 5.74) is 1.46. The predicted molar refractivity (Wildman–Crippen MR) is 79.0 cm³/mol. The lowest BCUT2D eigenvalue weighted by molar-refractivity contribution is 0.629. The lowest BCUT2D eigenvalue weighted by Crippen LogP contribution is -2.15. The monoisotopic (exact) mass is 326 g/mol. The van der Waals surface area contributed by atoms with E-state index in [2.05, 4.69) is 26.2 Å². The van der Waals surface area contributed by atoms with Crippen LogP contribution in [0.2, 0.25) is 0 Å². The molecule has 0 atom stereocenters. The number of nitrogens with one attached hydrogen (secondary N) is 1. The van der Waals surface area contributed by atoms with E-state index in [0.717, 1.165) is 16.1 Å². The number of rotatable bonds is 4. The van der Waals surface area contributed by atoms with E-state index in [0.29, 0.717) is 12.2 Å². The quantitative estimate of drug-likeness (QED) is 0.937. The molecule has 0 amide bonds. The highest BCUT2D eigenvalue weighted by atomic mass is 79.9. The Kier molecular flexibility index (Phi) is 4.09. The summed E-state index contributed by atoms with van der Waals surface area (Å²) >= 11 is 3.33. The molecule has 0 fully saturated rings. The molecule has 2 aromatic rings. The highest BCUT2D eigenvalue weighted by Crippen LogP contribution is 2.21. The first-order valence-corrected chi connectivity index (χ1v) is 6.65. The van der Waals surface area contributed by atoms with E-state index in [1.165, 1.54) is 6.07 Å². The lowest BCUT2D eigenvalue weighted by atomic mass is 10.3. The van der Waals surface area contributed by atoms with Gasteiger partial charge in [-0.2, -0.15) is 0 Å². The van der Waals surface area contributed by atoms with Gasteiger partial charge in [-0.1, -0.05) is 15.9 Å². The van der Waals surface area contributed by atoms with Crippen LogP contribution in [0.3, 0.4) is 0 Å². The zero-order valence-electron chi connectivity index (χ0n) is 11.1. The van der Waals surface area contributed by atoms with Crippen LogP contribution < -0.4 is 10.2 Å². The van der Waals surface area contributed by atoms with Crippen LogP contribution in [-0.2, 0) is 13.6 Å². The van der Waals surface area contributed by atoms with Crippen molar-refractivity contribution in [3.63, 3.8) is 0 Å². The van der Waals surface area contributed by atoms with Gasteiger partial charge in [0, 0.05) is 25.6 Å². The van der Waals surface area contributed by atoms with E-state index in [1.807, 2.05) is 30.6 Å². The van der Waals surface area contributed by atoms with Crippen LogP contribution >= 0.6 is 15.9 Å². The van der Waals surface area contributed by atoms with Gasteiger partial charge >= 0.3 is 0 Å². The van der Waals surface area contributed by atoms with Crippen LogP contribution in [0.1, 0.15) is 5.69 Å². The Labute approximate surface area is 120 Å². The van der Waals surface area contributed by atoms with E-state index in [4.69, 9.17) is 0 Å². The number of hydrogen-bond acceptors (Lipinski definition) is 3. The Morgan fingerprint density at radius 2 is 2.16 bits per heavy atom. The molecule has 0 saturated carbocycles. The fourth-order valence-electron chi connectivity index (χ4n) is 1.83. The van der Waals surface area contributed by atoms with Gasteiger partial charge in [-0.25, -0.2) is 9.37 Å². The van der Waals surface area contributed by atoms with Crippen molar-refractivity contribution in [2.75, 3.05) is 24.3 Å². The van der Waals surface area contributed by atoms with Crippen LogP contribution in [-0.4, -0.2) is 23.6 Å². The molecule has 0 radical (unpaired) electrons. The maximum atomic E-state index is 13.6. The van der Waals surface area contributed by atoms with Crippen molar-refractivity contribution in [2.24, 2.45) is 7.05 Å². The number of halogens is 2. The Hall–Kier alpha value is -1.56. The Morgan fingerprint density at radius 1 is 1.42 bits per heavy atom. The van der Waals surface area contributed by atoms with Gasteiger partial charge in [0.15, 0.2) is 0 Å². The zero-order valence-corrected chi connectivity index (χ0v) is 12.7. The normalized spacial score (nSPS) is 10.6. The van der Waals surface area contributed by atoms with Gasteiger partial charge < -0.3 is 14.8 Å². The van der Waals surface area contributed by atoms with Crippen molar-refractivity contribution in [3.8, 4) is 0 Å². The van der Waals surface area contributed by atoms with Crippen molar-refractivity contribution in [1.82, 2.24) is 9.55 Å². The SMILES string of the molecule is CN(C)c1ncc(CNc2cc(Br)ccc2F)n1C. The number of nitrogens with zero attached hydrogens (tertiary/aromatic N) is 3. The molecule has 0 spiro atoms. The van der Waals surface area contributed by atoms with Crippen LogP contribution in [0, 0.1) is 5.82 Å². The molecule has 1 N–H and O–H groups in total. The summed E-state index contributed by atoms with van der Waals surface area (Å²) in [6.07, 6.45) is 1.79. The molecule has 0 unspecified atom stereocenters. The van der Waals surface area contributed by atoms with Crippen molar-refractivity contribution < 1.29 is 4.39 Å². The Morgan fingerprint density at radius 3 is 2.79 bits per heavy atom. The second kappa shape index (κ2) is 5.61. The minimum Gasteiger partial charge on any atom is -0.377 e. The number of hydrogen-bond donors (Lipinski definition) is 1. The molecule has 102 valence electrons. The van der Waals surface area contributed by atoms with Gasteiger partial charge in [0.25, 0.3) is 0 Å². The van der Waals surface area contributed by atoms with E-state index in [9.17, 15) is 4.39 Å². The highest BCUT2D eigenvalue weighted by Gasteiger charge is 2.09. The van der Waals surface area contributed by atoms with Crippen LogP contribution in [0.25, 0.3) is 0 Å². The van der Waals surface area contributed by atoms with E-state index in [1.54, 1.807) is 18.3 Å². The minimum atomic E-state index is -0.266.